The summed E-state index contributed by atoms with van der Waals surface area (Å²) in [5.41, 5.74) is -0.296. The van der Waals surface area contributed by atoms with E-state index >= 15 is 0 Å². The molecule has 0 aliphatic rings. The Kier molecular flexibility index (Phi) is 4.61. The van der Waals surface area contributed by atoms with Crippen molar-refractivity contribution < 1.29 is 13.2 Å². The number of imidazole rings is 1. The van der Waals surface area contributed by atoms with Crippen LogP contribution in [0.4, 0.5) is 19.1 Å². The number of hydrogen-bond donors (Lipinski definition) is 1. The second kappa shape index (κ2) is 6.09. The van der Waals surface area contributed by atoms with Gasteiger partial charge in [-0.2, -0.15) is 13.2 Å². The Hall–Kier alpha value is -1.50. The Morgan fingerprint density at radius 2 is 2.00 bits per heavy atom. The van der Waals surface area contributed by atoms with E-state index in [9.17, 15) is 13.2 Å². The van der Waals surface area contributed by atoms with Crippen LogP contribution in [0.3, 0.4) is 0 Å². The van der Waals surface area contributed by atoms with E-state index < -0.39 is 11.7 Å². The second-order valence-electron chi connectivity index (χ2n) is 5.09. The number of nitrogens with one attached hydrogen (secondary N) is 1. The number of benzene rings is 1. The van der Waals surface area contributed by atoms with E-state index in [0.717, 1.165) is 12.1 Å². The van der Waals surface area contributed by atoms with Crippen molar-refractivity contribution in [2.75, 3.05) is 11.9 Å². The molecule has 2 aromatic rings. The molecule has 114 valence electrons. The number of nitrogens with zero attached hydrogens (tertiary/aromatic N) is 2. The van der Waals surface area contributed by atoms with E-state index in [1.165, 1.54) is 0 Å². The van der Waals surface area contributed by atoms with E-state index in [0.29, 0.717) is 28.6 Å². The molecule has 1 aromatic heterocycles. The largest absolute Gasteiger partial charge is 0.416 e. The van der Waals surface area contributed by atoms with Gasteiger partial charge in [-0.05, 0) is 24.1 Å². The zero-order valence-corrected chi connectivity index (χ0v) is 13.2. The van der Waals surface area contributed by atoms with Crippen molar-refractivity contribution in [2.24, 2.45) is 5.92 Å². The average Bonchev–Trinajstić information content (AvgIpc) is 2.82. The van der Waals surface area contributed by atoms with Crippen LogP contribution in [0, 0.1) is 5.92 Å². The molecule has 0 fully saturated rings. The Labute approximate surface area is 129 Å². The van der Waals surface area contributed by atoms with Gasteiger partial charge in [0.15, 0.2) is 0 Å². The van der Waals surface area contributed by atoms with Gasteiger partial charge in [-0.1, -0.05) is 29.8 Å². The quantitative estimate of drug-likeness (QED) is 0.853. The minimum atomic E-state index is -4.38. The fourth-order valence-electron chi connectivity index (χ4n) is 1.81. The minimum absolute atomic E-state index is 0.371. The summed E-state index contributed by atoms with van der Waals surface area (Å²) in [4.78, 5) is 4.14. The van der Waals surface area contributed by atoms with E-state index in [2.05, 4.69) is 26.2 Å². The molecule has 2 rings (SSSR count). The van der Waals surface area contributed by atoms with Crippen LogP contribution >= 0.6 is 15.9 Å². The third-order valence-electron chi connectivity index (χ3n) is 2.80. The van der Waals surface area contributed by atoms with Gasteiger partial charge in [0.2, 0.25) is 5.95 Å². The molecule has 3 nitrogen and oxygen atoms in total. The molecule has 1 N–H and O–H groups in total. The maximum Gasteiger partial charge on any atom is 0.416 e. The number of halogens is 4. The van der Waals surface area contributed by atoms with Crippen LogP contribution in [0.5, 0.6) is 0 Å². The van der Waals surface area contributed by atoms with Crippen LogP contribution in [0.15, 0.2) is 35.1 Å². The monoisotopic (exact) mass is 361 g/mol. The first kappa shape index (κ1) is 15.9. The van der Waals surface area contributed by atoms with Gasteiger partial charge >= 0.3 is 6.18 Å². The van der Waals surface area contributed by atoms with Crippen molar-refractivity contribution in [3.8, 4) is 5.69 Å². The number of anilines is 1. The number of hydrogen-bond acceptors (Lipinski definition) is 2. The zero-order valence-electron chi connectivity index (χ0n) is 11.6. The Bertz CT molecular complexity index is 620. The van der Waals surface area contributed by atoms with Gasteiger partial charge in [-0.25, -0.2) is 4.98 Å². The van der Waals surface area contributed by atoms with Gasteiger partial charge in [-0.3, -0.25) is 4.57 Å². The third kappa shape index (κ3) is 4.00. The molecule has 21 heavy (non-hydrogen) atoms. The molecule has 0 saturated carbocycles. The predicted octanol–water partition coefficient (Wildman–Crippen LogP) is 4.72. The first-order valence-corrected chi connectivity index (χ1v) is 7.22. The lowest BCUT2D eigenvalue weighted by atomic mass is 10.2. The normalized spacial score (nSPS) is 12.0. The molecule has 0 atom stereocenters. The highest BCUT2D eigenvalue weighted by molar-refractivity contribution is 9.10. The fraction of sp³-hybridized carbons (Fsp3) is 0.357. The summed E-state index contributed by atoms with van der Waals surface area (Å²) < 4.78 is 40.6. The van der Waals surface area contributed by atoms with E-state index in [4.69, 9.17) is 0 Å². The summed E-state index contributed by atoms with van der Waals surface area (Å²) in [5, 5.41) is 3.12. The lowest BCUT2D eigenvalue weighted by molar-refractivity contribution is -0.137. The van der Waals surface area contributed by atoms with Crippen LogP contribution in [0.2, 0.25) is 0 Å². The molecule has 1 heterocycles. The summed E-state index contributed by atoms with van der Waals surface area (Å²) >= 11 is 3.12. The molecule has 0 amide bonds. The molecule has 7 heteroatoms. The van der Waals surface area contributed by atoms with Gasteiger partial charge in [0.1, 0.15) is 0 Å². The molecule has 0 aliphatic carbocycles. The predicted molar refractivity (Wildman–Crippen MR) is 79.6 cm³/mol. The average molecular weight is 362 g/mol. The van der Waals surface area contributed by atoms with Crippen molar-refractivity contribution in [2.45, 2.75) is 20.0 Å². The van der Waals surface area contributed by atoms with Crippen molar-refractivity contribution in [3.05, 3.63) is 40.6 Å². The van der Waals surface area contributed by atoms with Gasteiger partial charge in [-0.15, -0.1) is 0 Å². The highest BCUT2D eigenvalue weighted by Crippen LogP contribution is 2.33. The number of aromatic nitrogens is 2. The topological polar surface area (TPSA) is 29.9 Å². The summed E-state index contributed by atoms with van der Waals surface area (Å²) in [6.07, 6.45) is -1.20. The lowest BCUT2D eigenvalue weighted by Gasteiger charge is -2.14. The highest BCUT2D eigenvalue weighted by Gasteiger charge is 2.31. The van der Waals surface area contributed by atoms with Crippen molar-refractivity contribution >= 4 is 21.9 Å². The molecular weight excluding hydrogens is 347 g/mol. The van der Waals surface area contributed by atoms with Gasteiger partial charge in [0.25, 0.3) is 0 Å². The van der Waals surface area contributed by atoms with E-state index in [1.54, 1.807) is 23.0 Å². The molecule has 0 unspecified atom stereocenters. The third-order valence-corrected chi connectivity index (χ3v) is 3.26. The second-order valence-corrected chi connectivity index (χ2v) is 6.01. The van der Waals surface area contributed by atoms with Gasteiger partial charge in [0, 0.05) is 23.4 Å². The molecule has 0 radical (unpaired) electrons. The number of alkyl halides is 3. The fourth-order valence-corrected chi connectivity index (χ4v) is 2.30. The van der Waals surface area contributed by atoms with Crippen LogP contribution in [0.25, 0.3) is 5.69 Å². The molecule has 1 aromatic carbocycles. The van der Waals surface area contributed by atoms with Gasteiger partial charge < -0.3 is 5.32 Å². The summed E-state index contributed by atoms with van der Waals surface area (Å²) in [6.45, 7) is 4.78. The van der Waals surface area contributed by atoms with Crippen LogP contribution in [-0.4, -0.2) is 16.1 Å². The summed E-state index contributed by atoms with van der Waals surface area (Å²) in [7, 11) is 0. The maximum atomic E-state index is 12.9. The summed E-state index contributed by atoms with van der Waals surface area (Å²) in [6, 6.07) is 3.78. The van der Waals surface area contributed by atoms with Crippen LogP contribution in [0.1, 0.15) is 19.4 Å². The molecule has 0 aliphatic heterocycles. The van der Waals surface area contributed by atoms with Crippen LogP contribution < -0.4 is 5.32 Å². The van der Waals surface area contributed by atoms with Gasteiger partial charge in [0.05, 0.1) is 11.3 Å². The Balaban J connectivity index is 2.39. The maximum absolute atomic E-state index is 12.9. The molecular formula is C14H15BrF3N3. The first-order valence-electron chi connectivity index (χ1n) is 6.43. The lowest BCUT2D eigenvalue weighted by Crippen LogP contribution is -2.12. The van der Waals surface area contributed by atoms with E-state index in [-0.39, 0.29) is 0 Å². The summed E-state index contributed by atoms with van der Waals surface area (Å²) in [5.74, 6) is 0.929. The van der Waals surface area contributed by atoms with Crippen LogP contribution in [-0.2, 0) is 6.18 Å². The van der Waals surface area contributed by atoms with Crippen molar-refractivity contribution in [3.63, 3.8) is 0 Å². The molecule has 0 saturated heterocycles. The number of rotatable bonds is 4. The minimum Gasteiger partial charge on any atom is -0.355 e. The van der Waals surface area contributed by atoms with Crippen molar-refractivity contribution in [1.29, 1.82) is 0 Å². The first-order chi connectivity index (χ1) is 9.77. The SMILES string of the molecule is CC(C)CNc1nccn1-c1cc(Br)cc(C(F)(F)F)c1. The zero-order chi connectivity index (χ0) is 15.6. The smallest absolute Gasteiger partial charge is 0.355 e. The Morgan fingerprint density at radius 3 is 2.62 bits per heavy atom. The van der Waals surface area contributed by atoms with E-state index in [1.807, 2.05) is 13.8 Å². The van der Waals surface area contributed by atoms with Crippen molar-refractivity contribution in [1.82, 2.24) is 9.55 Å². The highest BCUT2D eigenvalue weighted by atomic mass is 79.9. The molecule has 0 bridgehead atoms. The Morgan fingerprint density at radius 1 is 1.29 bits per heavy atom. The standard InChI is InChI=1S/C14H15BrF3N3/c1-9(2)8-20-13-19-3-4-21(13)12-6-10(14(16,17)18)5-11(15)7-12/h3-7,9H,8H2,1-2H3,(H,19,20). The molecule has 0 spiro atoms.